The number of nitrogens with zero attached hydrogens (tertiary/aromatic N) is 4. The molecular weight excluding hydrogens is 164 g/mol. The van der Waals surface area contributed by atoms with E-state index in [-0.39, 0.29) is 6.04 Å². The minimum atomic E-state index is -0.113. The maximum Gasteiger partial charge on any atom is 0.159 e. The van der Waals surface area contributed by atoms with Crippen LogP contribution in [0.2, 0.25) is 0 Å². The molecule has 0 spiro atoms. The van der Waals surface area contributed by atoms with Crippen LogP contribution in [0.1, 0.15) is 13.8 Å². The fourth-order valence-electron chi connectivity index (χ4n) is 1.51. The van der Waals surface area contributed by atoms with Gasteiger partial charge in [0.25, 0.3) is 0 Å². The zero-order valence-corrected chi connectivity index (χ0v) is 7.44. The van der Waals surface area contributed by atoms with Gasteiger partial charge in [-0.05, 0) is 19.4 Å². The lowest BCUT2D eigenvalue weighted by Gasteiger charge is -2.16. The summed E-state index contributed by atoms with van der Waals surface area (Å²) in [6.45, 7) is 3.72. The lowest BCUT2D eigenvalue weighted by Crippen LogP contribution is -2.23. The summed E-state index contributed by atoms with van der Waals surface area (Å²) in [6.07, 6.45) is 1.50. The summed E-state index contributed by atoms with van der Waals surface area (Å²) >= 11 is 0. The van der Waals surface area contributed by atoms with Gasteiger partial charge in [-0.2, -0.15) is 5.26 Å². The van der Waals surface area contributed by atoms with Crippen LogP contribution in [0.5, 0.6) is 0 Å². The van der Waals surface area contributed by atoms with Gasteiger partial charge in [0.2, 0.25) is 0 Å². The molecule has 0 saturated carbocycles. The largest absolute Gasteiger partial charge is 0.257 e. The third kappa shape index (κ3) is 1.01. The predicted octanol–water partition coefficient (Wildman–Crippen LogP) is 1.11. The predicted molar refractivity (Wildman–Crippen MR) is 51.1 cm³/mol. The summed E-state index contributed by atoms with van der Waals surface area (Å²) in [5.74, 6) is 0.703. The molecule has 2 aliphatic heterocycles. The Morgan fingerprint density at radius 1 is 1.46 bits per heavy atom. The summed E-state index contributed by atoms with van der Waals surface area (Å²) in [6, 6.07) is 2.02. The van der Waals surface area contributed by atoms with E-state index in [0.29, 0.717) is 11.4 Å². The molecule has 2 heterocycles. The minimum absolute atomic E-state index is 0.113. The summed E-state index contributed by atoms with van der Waals surface area (Å²) < 4.78 is 0. The highest BCUT2D eigenvalue weighted by Gasteiger charge is 2.27. The van der Waals surface area contributed by atoms with Crippen molar-refractivity contribution in [1.29, 1.82) is 5.26 Å². The molecule has 2 rings (SSSR count). The molecule has 2 aliphatic rings. The zero-order valence-electron chi connectivity index (χ0n) is 7.44. The highest BCUT2D eigenvalue weighted by molar-refractivity contribution is 6.16. The van der Waals surface area contributed by atoms with Crippen molar-refractivity contribution in [3.8, 4) is 6.07 Å². The normalized spacial score (nSPS) is 25.2. The van der Waals surface area contributed by atoms with E-state index >= 15 is 0 Å². The van der Waals surface area contributed by atoms with E-state index in [4.69, 9.17) is 5.26 Å². The summed E-state index contributed by atoms with van der Waals surface area (Å²) in [5, 5.41) is 8.87. The van der Waals surface area contributed by atoms with E-state index in [1.165, 1.54) is 6.34 Å². The number of fused-ring (bicyclic) bond motifs is 1. The average molecular weight is 172 g/mol. The monoisotopic (exact) mass is 172 g/mol. The number of hydrogen-bond acceptors (Lipinski definition) is 4. The topological polar surface area (TPSA) is 60.9 Å². The molecule has 0 aliphatic carbocycles. The quantitative estimate of drug-likeness (QED) is 0.539. The second-order valence-corrected chi connectivity index (χ2v) is 3.02. The molecule has 0 aromatic rings. The summed E-state index contributed by atoms with van der Waals surface area (Å²) in [7, 11) is 0. The number of rotatable bonds is 0. The third-order valence-electron chi connectivity index (χ3n) is 2.21. The third-order valence-corrected chi connectivity index (χ3v) is 2.21. The molecule has 0 amide bonds. The first-order valence-electron chi connectivity index (χ1n) is 4.00. The van der Waals surface area contributed by atoms with Gasteiger partial charge in [0.1, 0.15) is 18.4 Å². The van der Waals surface area contributed by atoms with E-state index < -0.39 is 0 Å². The number of aliphatic imine (C=N–C) groups is 3. The van der Waals surface area contributed by atoms with E-state index in [1.54, 1.807) is 0 Å². The smallest absolute Gasteiger partial charge is 0.159 e. The SMILES string of the molecule is CC1=NC2=NC=NC2C(C)=C1C#N. The van der Waals surface area contributed by atoms with Crippen molar-refractivity contribution in [1.82, 2.24) is 0 Å². The van der Waals surface area contributed by atoms with Gasteiger partial charge in [-0.1, -0.05) is 0 Å². The van der Waals surface area contributed by atoms with E-state index in [2.05, 4.69) is 21.0 Å². The van der Waals surface area contributed by atoms with Gasteiger partial charge in [-0.3, -0.25) is 4.99 Å². The van der Waals surface area contributed by atoms with Crippen LogP contribution >= 0.6 is 0 Å². The van der Waals surface area contributed by atoms with E-state index in [1.807, 2.05) is 13.8 Å². The molecule has 0 bridgehead atoms. The Hall–Kier alpha value is -1.76. The Bertz CT molecular complexity index is 417. The first-order chi connectivity index (χ1) is 6.24. The van der Waals surface area contributed by atoms with Crippen LogP contribution in [0.25, 0.3) is 0 Å². The van der Waals surface area contributed by atoms with Crippen molar-refractivity contribution < 1.29 is 0 Å². The van der Waals surface area contributed by atoms with Gasteiger partial charge in [-0.15, -0.1) is 0 Å². The molecule has 64 valence electrons. The fourth-order valence-corrected chi connectivity index (χ4v) is 1.51. The lowest BCUT2D eigenvalue weighted by molar-refractivity contribution is 0.992. The summed E-state index contributed by atoms with van der Waals surface area (Å²) in [5.41, 5.74) is 2.33. The van der Waals surface area contributed by atoms with E-state index in [0.717, 1.165) is 11.3 Å². The number of hydrogen-bond donors (Lipinski definition) is 0. The molecule has 1 unspecified atom stereocenters. The number of nitriles is 1. The number of amidine groups is 1. The van der Waals surface area contributed by atoms with Crippen molar-refractivity contribution in [2.24, 2.45) is 15.0 Å². The second kappa shape index (κ2) is 2.63. The minimum Gasteiger partial charge on any atom is -0.257 e. The van der Waals surface area contributed by atoms with Crippen LogP contribution in [0.3, 0.4) is 0 Å². The second-order valence-electron chi connectivity index (χ2n) is 3.02. The highest BCUT2D eigenvalue weighted by atomic mass is 15.1. The van der Waals surface area contributed by atoms with E-state index in [9.17, 15) is 0 Å². The maximum atomic E-state index is 8.87. The number of dihydropyridines is 1. The van der Waals surface area contributed by atoms with Crippen LogP contribution in [0.15, 0.2) is 26.1 Å². The first kappa shape index (κ1) is 7.87. The molecule has 0 fully saturated rings. The zero-order chi connectivity index (χ0) is 9.42. The molecule has 4 nitrogen and oxygen atoms in total. The standard InChI is InChI=1S/C9H8N4/c1-5-7(3-10)6(2)13-9-8(5)11-4-12-9/h4,8H,1-2H3. The average Bonchev–Trinajstić information content (AvgIpc) is 2.53. The van der Waals surface area contributed by atoms with Gasteiger partial charge in [0.05, 0.1) is 11.3 Å². The van der Waals surface area contributed by atoms with Gasteiger partial charge in [-0.25, -0.2) is 9.98 Å². The Balaban J connectivity index is 2.56. The van der Waals surface area contributed by atoms with Crippen molar-refractivity contribution >= 4 is 17.9 Å². The molecule has 0 saturated heterocycles. The molecule has 13 heavy (non-hydrogen) atoms. The fraction of sp³-hybridized carbons (Fsp3) is 0.333. The van der Waals surface area contributed by atoms with Gasteiger partial charge >= 0.3 is 0 Å². The number of allylic oxidation sites excluding steroid dienone is 1. The molecule has 0 aromatic carbocycles. The van der Waals surface area contributed by atoms with Gasteiger partial charge in [0.15, 0.2) is 5.84 Å². The molecule has 0 aromatic heterocycles. The Morgan fingerprint density at radius 2 is 2.23 bits per heavy atom. The lowest BCUT2D eigenvalue weighted by atomic mass is 9.97. The van der Waals surface area contributed by atoms with Gasteiger partial charge < -0.3 is 0 Å². The Labute approximate surface area is 76.0 Å². The first-order valence-corrected chi connectivity index (χ1v) is 4.00. The highest BCUT2D eigenvalue weighted by Crippen LogP contribution is 2.22. The molecule has 1 atom stereocenters. The Kier molecular flexibility index (Phi) is 1.59. The van der Waals surface area contributed by atoms with Gasteiger partial charge in [0, 0.05) is 0 Å². The van der Waals surface area contributed by atoms with Crippen molar-refractivity contribution in [2.45, 2.75) is 19.9 Å². The van der Waals surface area contributed by atoms with Crippen LogP contribution in [-0.4, -0.2) is 23.9 Å². The van der Waals surface area contributed by atoms with Crippen molar-refractivity contribution in [3.05, 3.63) is 11.1 Å². The molecule has 0 N–H and O–H groups in total. The molecule has 0 radical (unpaired) electrons. The Morgan fingerprint density at radius 3 is 2.92 bits per heavy atom. The van der Waals surface area contributed by atoms with Crippen LogP contribution in [0, 0.1) is 11.3 Å². The van der Waals surface area contributed by atoms with Crippen LogP contribution in [-0.2, 0) is 0 Å². The van der Waals surface area contributed by atoms with Crippen molar-refractivity contribution in [3.63, 3.8) is 0 Å². The molecule has 4 heteroatoms. The maximum absolute atomic E-state index is 8.87. The van der Waals surface area contributed by atoms with Crippen molar-refractivity contribution in [2.75, 3.05) is 0 Å². The van der Waals surface area contributed by atoms with Crippen LogP contribution in [0.4, 0.5) is 0 Å². The summed E-state index contributed by atoms with van der Waals surface area (Å²) in [4.78, 5) is 12.4. The molecular formula is C9H8N4. The van der Waals surface area contributed by atoms with Crippen LogP contribution < -0.4 is 0 Å².